The number of carbonyl (C=O) groups is 2. The summed E-state index contributed by atoms with van der Waals surface area (Å²) in [6.45, 7) is 2.84. The van der Waals surface area contributed by atoms with Crippen molar-refractivity contribution >= 4 is 50.7 Å². The highest BCUT2D eigenvalue weighted by Gasteiger charge is 2.34. The number of ether oxygens (including phenoxy) is 2. The molecule has 1 saturated carbocycles. The first-order valence-electron chi connectivity index (χ1n) is 14.8. The first-order chi connectivity index (χ1) is 21.4. The molecule has 2 amide bonds. The Morgan fingerprint density at radius 3 is 2.22 bits per heavy atom. The quantitative estimate of drug-likeness (QED) is 0.239. The zero-order valence-corrected chi connectivity index (χ0v) is 28.2. The normalized spacial score (nSPS) is 14.4. The largest absolute Gasteiger partial charge is 0.493 e. The predicted molar refractivity (Wildman–Crippen MR) is 177 cm³/mol. The molecule has 0 spiro atoms. The van der Waals surface area contributed by atoms with Gasteiger partial charge >= 0.3 is 0 Å². The summed E-state index contributed by atoms with van der Waals surface area (Å²) >= 11 is 12.6. The Morgan fingerprint density at radius 1 is 0.933 bits per heavy atom. The molecule has 1 aliphatic rings. The van der Waals surface area contributed by atoms with E-state index in [-0.39, 0.29) is 34.8 Å². The molecule has 0 bridgehead atoms. The smallest absolute Gasteiger partial charge is 0.264 e. The molecule has 0 heterocycles. The van der Waals surface area contributed by atoms with Crippen LogP contribution in [0, 0.1) is 6.92 Å². The van der Waals surface area contributed by atoms with E-state index < -0.39 is 28.5 Å². The first-order valence-corrected chi connectivity index (χ1v) is 17.0. The van der Waals surface area contributed by atoms with E-state index in [2.05, 4.69) is 5.32 Å². The van der Waals surface area contributed by atoms with E-state index >= 15 is 0 Å². The van der Waals surface area contributed by atoms with E-state index in [0.29, 0.717) is 21.4 Å². The minimum Gasteiger partial charge on any atom is -0.493 e. The van der Waals surface area contributed by atoms with Crippen molar-refractivity contribution in [2.75, 3.05) is 25.1 Å². The van der Waals surface area contributed by atoms with Gasteiger partial charge in [0.15, 0.2) is 11.5 Å². The molecule has 1 atom stereocenters. The highest BCUT2D eigenvalue weighted by Crippen LogP contribution is 2.34. The van der Waals surface area contributed by atoms with Crippen molar-refractivity contribution in [2.45, 2.75) is 69.5 Å². The van der Waals surface area contributed by atoms with Crippen LogP contribution in [0.25, 0.3) is 0 Å². The fourth-order valence-corrected chi connectivity index (χ4v) is 7.21. The average Bonchev–Trinajstić information content (AvgIpc) is 3.03. The molecule has 1 unspecified atom stereocenters. The Hall–Kier alpha value is -3.47. The molecule has 0 radical (unpaired) electrons. The molecule has 3 aromatic carbocycles. The third kappa shape index (κ3) is 8.42. The molecule has 1 N–H and O–H groups in total. The molecule has 4 rings (SSSR count). The van der Waals surface area contributed by atoms with E-state index in [1.54, 1.807) is 49.4 Å². The number of hydrogen-bond acceptors (Lipinski definition) is 6. The summed E-state index contributed by atoms with van der Waals surface area (Å²) in [6, 6.07) is 15.0. The third-order valence-electron chi connectivity index (χ3n) is 8.02. The van der Waals surface area contributed by atoms with Gasteiger partial charge < -0.3 is 19.7 Å². The van der Waals surface area contributed by atoms with Crippen LogP contribution in [0.2, 0.25) is 10.0 Å². The lowest BCUT2D eigenvalue weighted by Crippen LogP contribution is -2.53. The molecule has 12 heteroatoms. The Morgan fingerprint density at radius 2 is 1.60 bits per heavy atom. The molecule has 45 heavy (non-hydrogen) atoms. The van der Waals surface area contributed by atoms with Crippen molar-refractivity contribution in [2.24, 2.45) is 0 Å². The van der Waals surface area contributed by atoms with Gasteiger partial charge in [-0.3, -0.25) is 13.9 Å². The van der Waals surface area contributed by atoms with Gasteiger partial charge in [0.25, 0.3) is 10.0 Å². The number of halogens is 2. The minimum absolute atomic E-state index is 0.00562. The molecular formula is C33H39Cl2N3O6S. The monoisotopic (exact) mass is 675 g/mol. The molecule has 0 aliphatic heterocycles. The second kappa shape index (κ2) is 15.2. The fraction of sp³-hybridized carbons (Fsp3) is 0.394. The number of aryl methyl sites for hydroxylation is 1. The second-order valence-electron chi connectivity index (χ2n) is 11.1. The van der Waals surface area contributed by atoms with Crippen LogP contribution in [0.5, 0.6) is 11.5 Å². The van der Waals surface area contributed by atoms with E-state index in [1.165, 1.54) is 37.3 Å². The number of benzene rings is 3. The minimum atomic E-state index is -4.25. The van der Waals surface area contributed by atoms with Gasteiger partial charge in [-0.2, -0.15) is 0 Å². The maximum atomic E-state index is 14.3. The lowest BCUT2D eigenvalue weighted by Gasteiger charge is -2.33. The Balaban J connectivity index is 1.74. The average molecular weight is 677 g/mol. The summed E-state index contributed by atoms with van der Waals surface area (Å²) in [5.74, 6) is -0.235. The molecule has 1 fully saturated rings. The van der Waals surface area contributed by atoms with Crippen molar-refractivity contribution in [3.63, 3.8) is 0 Å². The number of nitrogens with zero attached hydrogens (tertiary/aromatic N) is 2. The number of rotatable bonds is 12. The summed E-state index contributed by atoms with van der Waals surface area (Å²) in [4.78, 5) is 29.2. The maximum absolute atomic E-state index is 14.3. The summed E-state index contributed by atoms with van der Waals surface area (Å²) in [7, 11) is -1.34. The number of sulfonamides is 1. The van der Waals surface area contributed by atoms with Gasteiger partial charge in [0.05, 0.1) is 24.8 Å². The number of hydrogen-bond donors (Lipinski definition) is 1. The molecule has 0 saturated heterocycles. The van der Waals surface area contributed by atoms with Gasteiger partial charge in [-0.15, -0.1) is 0 Å². The van der Waals surface area contributed by atoms with Gasteiger partial charge in [-0.05, 0) is 68.7 Å². The maximum Gasteiger partial charge on any atom is 0.264 e. The summed E-state index contributed by atoms with van der Waals surface area (Å²) in [5.41, 5.74) is 1.63. The van der Waals surface area contributed by atoms with Crippen LogP contribution in [0.1, 0.15) is 50.2 Å². The van der Waals surface area contributed by atoms with Crippen molar-refractivity contribution < 1.29 is 27.5 Å². The second-order valence-corrected chi connectivity index (χ2v) is 13.8. The lowest BCUT2D eigenvalue weighted by molar-refractivity contribution is -0.139. The highest BCUT2D eigenvalue weighted by molar-refractivity contribution is 7.92. The standard InChI is InChI=1S/C33H39Cl2N3O6S/c1-22-10-15-28(16-11-22)45(41,42)38(27-14-17-30(43-3)31(19-27)44-4)21-32(39)37(20-24-12-13-25(34)18-29(24)35)23(2)33(40)36-26-8-6-5-7-9-26/h10-19,23,26H,5-9,20-21H2,1-4H3,(H,36,40). The molecule has 0 aromatic heterocycles. The molecule has 242 valence electrons. The number of methoxy groups -OCH3 is 2. The molecule has 9 nitrogen and oxygen atoms in total. The van der Waals surface area contributed by atoms with Crippen LogP contribution in [0.3, 0.4) is 0 Å². The Labute approximate surface area is 275 Å². The van der Waals surface area contributed by atoms with Crippen LogP contribution in [0.15, 0.2) is 65.6 Å². The highest BCUT2D eigenvalue weighted by atomic mass is 35.5. The van der Waals surface area contributed by atoms with Crippen molar-refractivity contribution in [3.8, 4) is 11.5 Å². The fourth-order valence-electron chi connectivity index (χ4n) is 5.33. The van der Waals surface area contributed by atoms with Gasteiger partial charge in [0.1, 0.15) is 12.6 Å². The first kappa shape index (κ1) is 34.4. The Bertz CT molecular complexity index is 1610. The van der Waals surface area contributed by atoms with Crippen molar-refractivity contribution in [1.82, 2.24) is 10.2 Å². The number of nitrogens with one attached hydrogen (secondary N) is 1. The van der Waals surface area contributed by atoms with E-state index in [0.717, 1.165) is 42.0 Å². The zero-order chi connectivity index (χ0) is 32.7. The van der Waals surface area contributed by atoms with Gasteiger partial charge in [-0.1, -0.05) is 66.2 Å². The van der Waals surface area contributed by atoms with E-state index in [1.807, 2.05) is 6.92 Å². The van der Waals surface area contributed by atoms with Crippen LogP contribution in [-0.4, -0.2) is 58.0 Å². The van der Waals surface area contributed by atoms with Gasteiger partial charge in [0, 0.05) is 28.7 Å². The molecule has 1 aliphatic carbocycles. The van der Waals surface area contributed by atoms with Crippen molar-refractivity contribution in [3.05, 3.63) is 81.8 Å². The topological polar surface area (TPSA) is 105 Å². The predicted octanol–water partition coefficient (Wildman–Crippen LogP) is 6.38. The van der Waals surface area contributed by atoms with Crippen LogP contribution < -0.4 is 19.1 Å². The Kier molecular flexibility index (Phi) is 11.6. The number of carbonyl (C=O) groups excluding carboxylic acids is 2. The molecular weight excluding hydrogens is 637 g/mol. The van der Waals surface area contributed by atoms with Crippen LogP contribution in [0.4, 0.5) is 5.69 Å². The zero-order valence-electron chi connectivity index (χ0n) is 25.9. The van der Waals surface area contributed by atoms with Crippen LogP contribution >= 0.6 is 23.2 Å². The van der Waals surface area contributed by atoms with E-state index in [9.17, 15) is 18.0 Å². The summed E-state index contributed by atoms with van der Waals surface area (Å²) in [6.07, 6.45) is 4.93. The molecule has 3 aromatic rings. The SMILES string of the molecule is COc1ccc(N(CC(=O)N(Cc2ccc(Cl)cc2Cl)C(C)C(=O)NC2CCCCC2)S(=O)(=O)c2ccc(C)cc2)cc1OC. The summed E-state index contributed by atoms with van der Waals surface area (Å²) < 4.78 is 40.1. The number of amides is 2. The third-order valence-corrected chi connectivity index (χ3v) is 10.4. The van der Waals surface area contributed by atoms with Crippen molar-refractivity contribution in [1.29, 1.82) is 0 Å². The summed E-state index contributed by atoms with van der Waals surface area (Å²) in [5, 5.41) is 3.84. The van der Waals surface area contributed by atoms with Crippen LogP contribution in [-0.2, 0) is 26.2 Å². The lowest BCUT2D eigenvalue weighted by atomic mass is 9.95. The van der Waals surface area contributed by atoms with Gasteiger partial charge in [0.2, 0.25) is 11.8 Å². The van der Waals surface area contributed by atoms with E-state index in [4.69, 9.17) is 32.7 Å². The number of anilines is 1. The van der Waals surface area contributed by atoms with Gasteiger partial charge in [-0.25, -0.2) is 8.42 Å².